The zero-order chi connectivity index (χ0) is 12.1. The van der Waals surface area contributed by atoms with Crippen molar-refractivity contribution in [2.75, 3.05) is 20.8 Å². The van der Waals surface area contributed by atoms with Crippen molar-refractivity contribution >= 4 is 0 Å². The molecule has 16 heavy (non-hydrogen) atoms. The van der Waals surface area contributed by atoms with Gasteiger partial charge in [-0.05, 0) is 17.7 Å². The van der Waals surface area contributed by atoms with Crippen LogP contribution in [0.25, 0.3) is 0 Å². The van der Waals surface area contributed by atoms with Gasteiger partial charge in [-0.2, -0.15) is 0 Å². The number of phenols is 1. The second-order valence-corrected chi connectivity index (χ2v) is 3.16. The minimum absolute atomic E-state index is 0.102. The molecule has 0 saturated carbocycles. The van der Waals surface area contributed by atoms with E-state index in [4.69, 9.17) is 9.47 Å². The maximum Gasteiger partial charge on any atom is 0.207 e. The molecule has 0 fully saturated rings. The van der Waals surface area contributed by atoms with Gasteiger partial charge in [-0.15, -0.1) is 0 Å². The van der Waals surface area contributed by atoms with Gasteiger partial charge in [0.15, 0.2) is 11.5 Å². The van der Waals surface area contributed by atoms with E-state index in [1.807, 2.05) is 0 Å². The molecule has 1 N–H and O–H groups in total. The first-order chi connectivity index (χ1) is 7.58. The normalized spacial score (nSPS) is 9.88. The summed E-state index contributed by atoms with van der Waals surface area (Å²) in [7, 11) is 2.82. The minimum Gasteiger partial charge on any atom is -0.502 e. The molecule has 1 rings (SSSR count). The highest BCUT2D eigenvalue weighted by Gasteiger charge is 2.12. The van der Waals surface area contributed by atoms with Crippen LogP contribution in [0.5, 0.6) is 17.2 Å². The van der Waals surface area contributed by atoms with Gasteiger partial charge in [-0.3, -0.25) is 10.1 Å². The number of rotatable bonds is 5. The van der Waals surface area contributed by atoms with Crippen molar-refractivity contribution in [3.05, 3.63) is 27.8 Å². The summed E-state index contributed by atoms with van der Waals surface area (Å²) in [6, 6.07) is 3.11. The molecule has 0 amide bonds. The Morgan fingerprint density at radius 1 is 1.31 bits per heavy atom. The van der Waals surface area contributed by atoms with Gasteiger partial charge >= 0.3 is 0 Å². The fourth-order valence-electron chi connectivity index (χ4n) is 1.31. The summed E-state index contributed by atoms with van der Waals surface area (Å²) in [4.78, 5) is 9.85. The molecule has 0 heterocycles. The molecule has 1 aromatic carbocycles. The Morgan fingerprint density at radius 2 is 1.81 bits per heavy atom. The minimum atomic E-state index is -0.397. The first-order valence-corrected chi connectivity index (χ1v) is 4.64. The zero-order valence-electron chi connectivity index (χ0n) is 9.10. The van der Waals surface area contributed by atoms with E-state index in [0.717, 1.165) is 0 Å². The first kappa shape index (κ1) is 12.1. The molecule has 0 unspecified atom stereocenters. The number of aromatic hydroxyl groups is 1. The van der Waals surface area contributed by atoms with Gasteiger partial charge in [-0.25, -0.2) is 0 Å². The SMILES string of the molecule is COc1cc(CC[N+](=O)[O-])cc(OC)c1O. The largest absolute Gasteiger partial charge is 0.502 e. The smallest absolute Gasteiger partial charge is 0.207 e. The second-order valence-electron chi connectivity index (χ2n) is 3.16. The van der Waals surface area contributed by atoms with Crippen LogP contribution in [0.15, 0.2) is 12.1 Å². The number of hydrogen-bond donors (Lipinski definition) is 1. The van der Waals surface area contributed by atoms with E-state index in [0.29, 0.717) is 5.56 Å². The van der Waals surface area contributed by atoms with Crippen molar-refractivity contribution < 1.29 is 19.5 Å². The lowest BCUT2D eigenvalue weighted by molar-refractivity contribution is -0.479. The van der Waals surface area contributed by atoms with E-state index in [9.17, 15) is 15.2 Å². The average molecular weight is 227 g/mol. The van der Waals surface area contributed by atoms with Crippen LogP contribution in [0, 0.1) is 10.1 Å². The standard InChI is InChI=1S/C10H13NO5/c1-15-8-5-7(3-4-11(13)14)6-9(16-2)10(8)12/h5-6,12H,3-4H2,1-2H3. The molecular formula is C10H13NO5. The Kier molecular flexibility index (Phi) is 3.93. The average Bonchev–Trinajstić information content (AvgIpc) is 2.27. The van der Waals surface area contributed by atoms with Crippen LogP contribution in [0.4, 0.5) is 0 Å². The topological polar surface area (TPSA) is 81.8 Å². The van der Waals surface area contributed by atoms with Crippen LogP contribution in [0.3, 0.4) is 0 Å². The lowest BCUT2D eigenvalue weighted by Crippen LogP contribution is -2.04. The third-order valence-corrected chi connectivity index (χ3v) is 2.12. The monoisotopic (exact) mass is 227 g/mol. The highest BCUT2D eigenvalue weighted by molar-refractivity contribution is 5.52. The molecule has 0 bridgehead atoms. The summed E-state index contributed by atoms with van der Waals surface area (Å²) in [5, 5.41) is 19.8. The predicted octanol–water partition coefficient (Wildman–Crippen LogP) is 1.23. The molecule has 6 heteroatoms. The van der Waals surface area contributed by atoms with Crippen molar-refractivity contribution in [2.24, 2.45) is 0 Å². The van der Waals surface area contributed by atoms with Gasteiger partial charge in [0.2, 0.25) is 12.3 Å². The highest BCUT2D eigenvalue weighted by Crippen LogP contribution is 2.37. The van der Waals surface area contributed by atoms with E-state index in [-0.39, 0.29) is 30.2 Å². The van der Waals surface area contributed by atoms with E-state index in [1.54, 1.807) is 12.1 Å². The number of hydrogen-bond acceptors (Lipinski definition) is 5. The molecule has 0 saturated heterocycles. The molecule has 0 spiro atoms. The van der Waals surface area contributed by atoms with E-state index in [2.05, 4.69) is 0 Å². The molecule has 88 valence electrons. The number of ether oxygens (including phenoxy) is 2. The van der Waals surface area contributed by atoms with Crippen molar-refractivity contribution in [2.45, 2.75) is 6.42 Å². The molecule has 0 radical (unpaired) electrons. The lowest BCUT2D eigenvalue weighted by atomic mass is 10.1. The predicted molar refractivity (Wildman–Crippen MR) is 56.8 cm³/mol. The van der Waals surface area contributed by atoms with E-state index < -0.39 is 4.92 Å². The summed E-state index contributed by atoms with van der Waals surface area (Å²) in [5.74, 6) is 0.394. The summed E-state index contributed by atoms with van der Waals surface area (Å²) in [6.45, 7) is -0.170. The maximum absolute atomic E-state index is 10.2. The molecule has 0 aromatic heterocycles. The van der Waals surface area contributed by atoms with Crippen LogP contribution in [-0.2, 0) is 6.42 Å². The first-order valence-electron chi connectivity index (χ1n) is 4.64. The second kappa shape index (κ2) is 5.20. The number of nitrogens with zero attached hydrogens (tertiary/aromatic N) is 1. The number of nitro groups is 1. The van der Waals surface area contributed by atoms with E-state index in [1.165, 1.54) is 14.2 Å². The van der Waals surface area contributed by atoms with E-state index >= 15 is 0 Å². The number of methoxy groups -OCH3 is 2. The van der Waals surface area contributed by atoms with Gasteiger partial charge in [0.25, 0.3) is 0 Å². The molecule has 0 aliphatic heterocycles. The van der Waals surface area contributed by atoms with Crippen molar-refractivity contribution in [3.63, 3.8) is 0 Å². The highest BCUT2D eigenvalue weighted by atomic mass is 16.6. The van der Waals surface area contributed by atoms with Crippen molar-refractivity contribution in [1.82, 2.24) is 0 Å². The summed E-state index contributed by atoms with van der Waals surface area (Å²) >= 11 is 0. The lowest BCUT2D eigenvalue weighted by Gasteiger charge is -2.10. The van der Waals surface area contributed by atoms with Gasteiger partial charge < -0.3 is 14.6 Å². The van der Waals surface area contributed by atoms with Gasteiger partial charge in [0.05, 0.1) is 14.2 Å². The molecule has 0 aliphatic rings. The summed E-state index contributed by atoms with van der Waals surface area (Å²) in [5.41, 5.74) is 0.684. The maximum atomic E-state index is 10.2. The van der Waals surface area contributed by atoms with Crippen LogP contribution in [0.2, 0.25) is 0 Å². The Labute approximate surface area is 92.6 Å². The number of benzene rings is 1. The van der Waals surface area contributed by atoms with Crippen molar-refractivity contribution in [3.8, 4) is 17.2 Å². The van der Waals surface area contributed by atoms with Crippen LogP contribution in [-0.4, -0.2) is 30.8 Å². The fourth-order valence-corrected chi connectivity index (χ4v) is 1.31. The molecular weight excluding hydrogens is 214 g/mol. The fraction of sp³-hybridized carbons (Fsp3) is 0.400. The van der Waals surface area contributed by atoms with Crippen LogP contribution < -0.4 is 9.47 Å². The molecule has 1 aromatic rings. The third-order valence-electron chi connectivity index (χ3n) is 2.12. The van der Waals surface area contributed by atoms with Crippen molar-refractivity contribution in [1.29, 1.82) is 0 Å². The summed E-state index contributed by atoms with van der Waals surface area (Å²) < 4.78 is 9.87. The molecule has 6 nitrogen and oxygen atoms in total. The van der Waals surface area contributed by atoms with Crippen LogP contribution >= 0.6 is 0 Å². The Morgan fingerprint density at radius 3 is 2.19 bits per heavy atom. The van der Waals surface area contributed by atoms with Crippen LogP contribution in [0.1, 0.15) is 5.56 Å². The Balaban J connectivity index is 2.97. The third kappa shape index (κ3) is 2.75. The quantitative estimate of drug-likeness (QED) is 0.604. The summed E-state index contributed by atoms with van der Waals surface area (Å²) in [6.07, 6.45) is 0.264. The molecule has 0 atom stereocenters. The zero-order valence-corrected chi connectivity index (χ0v) is 9.10. The Hall–Kier alpha value is -1.98. The Bertz CT molecular complexity index is 366. The van der Waals surface area contributed by atoms with Gasteiger partial charge in [-0.1, -0.05) is 0 Å². The van der Waals surface area contributed by atoms with Gasteiger partial charge in [0, 0.05) is 11.3 Å². The number of phenolic OH excluding ortho intramolecular Hbond substituents is 1. The molecule has 0 aliphatic carbocycles. The van der Waals surface area contributed by atoms with Gasteiger partial charge in [0.1, 0.15) is 0 Å².